The van der Waals surface area contributed by atoms with Crippen LogP contribution in [0, 0.1) is 59.2 Å². The van der Waals surface area contributed by atoms with Crippen molar-refractivity contribution in [3.05, 3.63) is 0 Å². The summed E-state index contributed by atoms with van der Waals surface area (Å²) in [4.78, 5) is 0. The van der Waals surface area contributed by atoms with Gasteiger partial charge in [0.05, 0.1) is 6.10 Å². The fraction of sp³-hybridized carbons (Fsp3) is 0.833. The van der Waals surface area contributed by atoms with Gasteiger partial charge in [-0.2, -0.15) is 0 Å². The van der Waals surface area contributed by atoms with Crippen molar-refractivity contribution >= 4 is 0 Å². The lowest BCUT2D eigenvalue weighted by atomic mass is 9.69. The number of hydrogen-bond acceptors (Lipinski definition) is 1. The van der Waals surface area contributed by atoms with E-state index in [4.69, 9.17) is 6.42 Å². The summed E-state index contributed by atoms with van der Waals surface area (Å²) in [6, 6.07) is 0. The number of rotatable bonds is 0. The van der Waals surface area contributed by atoms with Crippen molar-refractivity contribution in [1.29, 1.82) is 0 Å². The maximum Gasteiger partial charge on any atom is 0.0577 e. The van der Waals surface area contributed by atoms with Crippen molar-refractivity contribution in [3.63, 3.8) is 0 Å². The number of hydrogen-bond donors (Lipinski definition) is 1. The van der Waals surface area contributed by atoms with Gasteiger partial charge in [0, 0.05) is 5.41 Å². The Kier molecular flexibility index (Phi) is 0.601. The van der Waals surface area contributed by atoms with E-state index in [2.05, 4.69) is 5.92 Å². The van der Waals surface area contributed by atoms with Crippen LogP contribution in [0.25, 0.3) is 0 Å². The Bertz CT molecular complexity index is 377. The second-order valence-corrected chi connectivity index (χ2v) is 5.85. The van der Waals surface area contributed by atoms with Crippen LogP contribution in [0.1, 0.15) is 6.42 Å². The maximum atomic E-state index is 9.95. The van der Waals surface area contributed by atoms with Crippen molar-refractivity contribution in [2.24, 2.45) is 46.8 Å². The van der Waals surface area contributed by atoms with E-state index in [1.54, 1.807) is 0 Å². The van der Waals surface area contributed by atoms with Crippen molar-refractivity contribution in [1.82, 2.24) is 0 Å². The van der Waals surface area contributed by atoms with Crippen LogP contribution >= 0.6 is 0 Å². The van der Waals surface area contributed by atoms with Crippen LogP contribution in [0.4, 0.5) is 0 Å². The number of aliphatic hydroxyl groups is 1. The van der Waals surface area contributed by atoms with Gasteiger partial charge in [-0.1, -0.05) is 5.92 Å². The molecule has 6 fully saturated rings. The molecule has 0 aromatic heterocycles. The van der Waals surface area contributed by atoms with Crippen molar-refractivity contribution < 1.29 is 5.11 Å². The van der Waals surface area contributed by atoms with E-state index in [-0.39, 0.29) is 6.10 Å². The maximum absolute atomic E-state index is 9.95. The van der Waals surface area contributed by atoms with Crippen molar-refractivity contribution in [2.75, 3.05) is 0 Å². The Morgan fingerprint density at radius 2 is 2.00 bits per heavy atom. The minimum absolute atomic E-state index is 0.00947. The predicted molar refractivity (Wildman–Crippen MR) is 46.3 cm³/mol. The topological polar surface area (TPSA) is 20.2 Å². The van der Waals surface area contributed by atoms with Crippen LogP contribution in [0.5, 0.6) is 0 Å². The van der Waals surface area contributed by atoms with Gasteiger partial charge in [0.2, 0.25) is 0 Å². The molecule has 9 atom stereocenters. The molecule has 0 unspecified atom stereocenters. The molecule has 0 spiro atoms. The summed E-state index contributed by atoms with van der Waals surface area (Å²) in [6.07, 6.45) is 6.80. The van der Waals surface area contributed by atoms with E-state index in [0.717, 1.165) is 41.9 Å². The third-order valence-electron chi connectivity index (χ3n) is 6.09. The van der Waals surface area contributed by atoms with Gasteiger partial charge in [-0.15, -0.1) is 6.42 Å². The Labute approximate surface area is 77.5 Å². The average Bonchev–Trinajstić information content (AvgIpc) is 2.94. The van der Waals surface area contributed by atoms with E-state index in [9.17, 15) is 5.11 Å². The first-order chi connectivity index (χ1) is 6.32. The van der Waals surface area contributed by atoms with Crippen LogP contribution in [-0.2, 0) is 0 Å². The Hall–Kier alpha value is -0.480. The summed E-state index contributed by atoms with van der Waals surface area (Å²) in [6.45, 7) is 0. The van der Waals surface area contributed by atoms with Gasteiger partial charge in [-0.25, -0.2) is 0 Å². The highest BCUT2D eigenvalue weighted by Gasteiger charge is 2.96. The molecule has 6 rings (SSSR count). The Morgan fingerprint density at radius 1 is 1.15 bits per heavy atom. The molecular formula is C12H12O. The molecule has 6 saturated carbocycles. The normalized spacial score (nSPS) is 83.7. The summed E-state index contributed by atoms with van der Waals surface area (Å²) >= 11 is 0. The van der Waals surface area contributed by atoms with Crippen LogP contribution in [0.15, 0.2) is 0 Å². The smallest absolute Gasteiger partial charge is 0.0577 e. The lowest BCUT2D eigenvalue weighted by Gasteiger charge is -2.38. The number of terminal acetylenes is 1. The fourth-order valence-electron chi connectivity index (χ4n) is 6.13. The molecule has 0 aromatic carbocycles. The first-order valence-corrected chi connectivity index (χ1v) is 5.48. The first kappa shape index (κ1) is 6.09. The third kappa shape index (κ3) is 0.327. The lowest BCUT2D eigenvalue weighted by molar-refractivity contribution is -0.0127. The second-order valence-electron chi connectivity index (χ2n) is 5.85. The van der Waals surface area contributed by atoms with E-state index in [0.29, 0.717) is 11.3 Å². The van der Waals surface area contributed by atoms with Crippen molar-refractivity contribution in [2.45, 2.75) is 12.5 Å². The standard InChI is InChI=1S/C12H12O/c1-2-12-9-4-3-5(13)7(11(9)12)8-6(4)10(8)12/h1,4-11,13H,3H2/t4-,5+,6-,7+,8-,9+,10-,11+,12-/m0/s1. The van der Waals surface area contributed by atoms with E-state index in [1.807, 2.05) is 0 Å². The molecule has 1 heteroatoms. The molecule has 0 radical (unpaired) electrons. The highest BCUT2D eigenvalue weighted by molar-refractivity contribution is 5.48. The van der Waals surface area contributed by atoms with Gasteiger partial charge >= 0.3 is 0 Å². The molecule has 6 aliphatic carbocycles. The highest BCUT2D eigenvalue weighted by Crippen LogP contribution is 2.96. The molecule has 66 valence electrons. The summed E-state index contributed by atoms with van der Waals surface area (Å²) < 4.78 is 0. The Morgan fingerprint density at radius 3 is 2.54 bits per heavy atom. The molecular weight excluding hydrogens is 160 g/mol. The zero-order valence-corrected chi connectivity index (χ0v) is 7.35. The van der Waals surface area contributed by atoms with Crippen LogP contribution < -0.4 is 0 Å². The quantitative estimate of drug-likeness (QED) is 0.534. The summed E-state index contributed by atoms with van der Waals surface area (Å²) in [5.74, 6) is 8.85. The van der Waals surface area contributed by atoms with E-state index >= 15 is 0 Å². The minimum atomic E-state index is 0.00947. The van der Waals surface area contributed by atoms with E-state index < -0.39 is 0 Å². The van der Waals surface area contributed by atoms with Crippen LogP contribution in [0.2, 0.25) is 0 Å². The molecule has 0 amide bonds. The van der Waals surface area contributed by atoms with Crippen molar-refractivity contribution in [3.8, 4) is 12.3 Å². The molecule has 13 heavy (non-hydrogen) atoms. The van der Waals surface area contributed by atoms with Gasteiger partial charge in [0.1, 0.15) is 0 Å². The zero-order chi connectivity index (χ0) is 8.53. The van der Waals surface area contributed by atoms with Gasteiger partial charge in [0.15, 0.2) is 0 Å². The lowest BCUT2D eigenvalue weighted by Crippen LogP contribution is -2.39. The molecule has 6 aliphatic rings. The van der Waals surface area contributed by atoms with E-state index in [1.165, 1.54) is 0 Å². The molecule has 0 aliphatic heterocycles. The van der Waals surface area contributed by atoms with Crippen LogP contribution in [0.3, 0.4) is 0 Å². The predicted octanol–water partition coefficient (Wildman–Crippen LogP) is 0.738. The summed E-state index contributed by atoms with van der Waals surface area (Å²) in [5, 5.41) is 9.95. The Balaban J connectivity index is 1.81. The van der Waals surface area contributed by atoms with Gasteiger partial charge in [-0.05, 0) is 47.8 Å². The SMILES string of the molecule is C#C[C@]12[C@@H]3[C@@H]4[C@@H]5[C@@H]1[C@H]2[C@@H](C[C@H]5O)[C@@H]43. The monoisotopic (exact) mass is 172 g/mol. The molecule has 0 heterocycles. The average molecular weight is 172 g/mol. The summed E-state index contributed by atoms with van der Waals surface area (Å²) in [7, 11) is 0. The zero-order valence-electron chi connectivity index (χ0n) is 7.35. The largest absolute Gasteiger partial charge is 0.393 e. The minimum Gasteiger partial charge on any atom is -0.393 e. The van der Waals surface area contributed by atoms with Gasteiger partial charge in [0.25, 0.3) is 0 Å². The van der Waals surface area contributed by atoms with Gasteiger partial charge < -0.3 is 5.11 Å². The number of aliphatic hydroxyl groups excluding tert-OH is 1. The first-order valence-electron chi connectivity index (χ1n) is 5.48. The fourth-order valence-corrected chi connectivity index (χ4v) is 6.13. The third-order valence-corrected chi connectivity index (χ3v) is 6.09. The molecule has 0 saturated heterocycles. The van der Waals surface area contributed by atoms with Crippen LogP contribution in [-0.4, -0.2) is 11.2 Å². The molecule has 1 N–H and O–H groups in total. The number of fused-ring (bicyclic) bond motifs is 1. The summed E-state index contributed by atoms with van der Waals surface area (Å²) in [5.41, 5.74) is 0.322. The molecule has 1 nitrogen and oxygen atoms in total. The highest BCUT2D eigenvalue weighted by atomic mass is 16.3. The molecule has 2 bridgehead atoms. The van der Waals surface area contributed by atoms with Gasteiger partial charge in [-0.3, -0.25) is 0 Å². The second kappa shape index (κ2) is 1.28. The molecule has 0 aromatic rings.